The predicted molar refractivity (Wildman–Crippen MR) is 73.1 cm³/mol. The summed E-state index contributed by atoms with van der Waals surface area (Å²) in [6.45, 7) is 8.90. The third kappa shape index (κ3) is 1.90. The van der Waals surface area contributed by atoms with Gasteiger partial charge in [0.15, 0.2) is 0 Å². The zero-order chi connectivity index (χ0) is 13.4. The van der Waals surface area contributed by atoms with Gasteiger partial charge in [0.05, 0.1) is 11.9 Å². The molecule has 0 saturated heterocycles. The Morgan fingerprint density at radius 1 is 1.17 bits per heavy atom. The molecular weight excluding hydrogens is 226 g/mol. The quantitative estimate of drug-likeness (QED) is 0.901. The maximum absolute atomic E-state index is 10.8. The van der Waals surface area contributed by atoms with Gasteiger partial charge in [0.2, 0.25) is 0 Å². The molecule has 0 bridgehead atoms. The summed E-state index contributed by atoms with van der Waals surface area (Å²) in [6.07, 6.45) is 0.164. The lowest BCUT2D eigenvalue weighted by Crippen LogP contribution is -2.06. The summed E-state index contributed by atoms with van der Waals surface area (Å²) in [7, 11) is 0. The second-order valence-corrected chi connectivity index (χ2v) is 4.91. The lowest BCUT2D eigenvalue weighted by Gasteiger charge is -2.10. The van der Waals surface area contributed by atoms with Gasteiger partial charge in [0, 0.05) is 17.6 Å². The lowest BCUT2D eigenvalue weighted by molar-refractivity contribution is -0.137. The van der Waals surface area contributed by atoms with E-state index in [9.17, 15) is 4.79 Å². The van der Waals surface area contributed by atoms with Crippen molar-refractivity contribution in [1.29, 1.82) is 0 Å². The highest BCUT2D eigenvalue weighted by molar-refractivity contribution is 5.88. The second-order valence-electron chi connectivity index (χ2n) is 4.91. The summed E-state index contributed by atoms with van der Waals surface area (Å²) in [5.74, 6) is -0.751. The first-order valence-electron chi connectivity index (χ1n) is 6.21. The molecule has 3 heteroatoms. The van der Waals surface area contributed by atoms with Crippen LogP contribution < -0.4 is 0 Å². The van der Waals surface area contributed by atoms with Crippen molar-refractivity contribution in [2.45, 2.75) is 40.7 Å². The fraction of sp³-hybridized carbons (Fsp3) is 0.400. The van der Waals surface area contributed by atoms with E-state index >= 15 is 0 Å². The molecule has 0 unspecified atom stereocenters. The number of aliphatic carboxylic acids is 1. The number of carboxylic acids is 1. The van der Waals surface area contributed by atoms with Gasteiger partial charge in [-0.2, -0.15) is 0 Å². The van der Waals surface area contributed by atoms with Crippen molar-refractivity contribution < 1.29 is 9.90 Å². The van der Waals surface area contributed by atoms with Crippen molar-refractivity contribution in [1.82, 2.24) is 4.57 Å². The Balaban J connectivity index is 2.67. The summed E-state index contributed by atoms with van der Waals surface area (Å²) in [5.41, 5.74) is 6.09. The van der Waals surface area contributed by atoms with E-state index in [0.29, 0.717) is 6.54 Å². The molecule has 1 aromatic heterocycles. The van der Waals surface area contributed by atoms with Crippen LogP contribution in [0.25, 0.3) is 10.9 Å². The first-order chi connectivity index (χ1) is 8.43. The Morgan fingerprint density at radius 2 is 1.83 bits per heavy atom. The van der Waals surface area contributed by atoms with E-state index in [0.717, 1.165) is 0 Å². The van der Waals surface area contributed by atoms with Gasteiger partial charge in [0.1, 0.15) is 0 Å². The van der Waals surface area contributed by atoms with Crippen LogP contribution in [0.5, 0.6) is 0 Å². The van der Waals surface area contributed by atoms with Gasteiger partial charge in [-0.3, -0.25) is 4.79 Å². The molecule has 3 nitrogen and oxygen atoms in total. The van der Waals surface area contributed by atoms with Crippen molar-refractivity contribution in [3.8, 4) is 0 Å². The number of rotatable bonds is 3. The molecule has 0 saturated carbocycles. The average Bonchev–Trinajstić information content (AvgIpc) is 2.55. The molecule has 0 amide bonds. The van der Waals surface area contributed by atoms with Crippen LogP contribution in [-0.2, 0) is 11.3 Å². The molecule has 1 N–H and O–H groups in total. The van der Waals surface area contributed by atoms with Crippen LogP contribution in [0.15, 0.2) is 12.1 Å². The number of carbonyl (C=O) groups is 1. The van der Waals surface area contributed by atoms with Crippen LogP contribution in [0.4, 0.5) is 0 Å². The fourth-order valence-corrected chi connectivity index (χ4v) is 2.50. The van der Waals surface area contributed by atoms with E-state index in [2.05, 4.69) is 44.4 Å². The number of benzene rings is 1. The smallest absolute Gasteiger partial charge is 0.305 e. The fourth-order valence-electron chi connectivity index (χ4n) is 2.50. The van der Waals surface area contributed by atoms with Crippen LogP contribution in [0.1, 0.15) is 28.8 Å². The predicted octanol–water partition coefficient (Wildman–Crippen LogP) is 3.35. The van der Waals surface area contributed by atoms with Crippen molar-refractivity contribution >= 4 is 16.9 Å². The summed E-state index contributed by atoms with van der Waals surface area (Å²) < 4.78 is 2.14. The van der Waals surface area contributed by atoms with E-state index in [1.54, 1.807) is 0 Å². The molecule has 0 spiro atoms. The summed E-state index contributed by atoms with van der Waals surface area (Å²) in [4.78, 5) is 10.8. The number of fused-ring (bicyclic) bond motifs is 1. The molecule has 0 aliphatic rings. The molecule has 2 rings (SSSR count). The minimum Gasteiger partial charge on any atom is -0.481 e. The van der Waals surface area contributed by atoms with Gasteiger partial charge < -0.3 is 9.67 Å². The van der Waals surface area contributed by atoms with Gasteiger partial charge >= 0.3 is 5.97 Å². The highest BCUT2D eigenvalue weighted by atomic mass is 16.4. The Morgan fingerprint density at radius 3 is 2.44 bits per heavy atom. The Kier molecular flexibility index (Phi) is 3.16. The van der Waals surface area contributed by atoms with E-state index in [1.165, 1.54) is 33.3 Å². The molecule has 18 heavy (non-hydrogen) atoms. The minimum atomic E-state index is -0.751. The van der Waals surface area contributed by atoms with Gasteiger partial charge in [-0.05, 0) is 44.4 Å². The van der Waals surface area contributed by atoms with Crippen LogP contribution in [0, 0.1) is 27.7 Å². The number of carboxylic acid groups (broad SMARTS) is 1. The Bertz CT molecular complexity index is 623. The van der Waals surface area contributed by atoms with E-state index < -0.39 is 5.97 Å². The van der Waals surface area contributed by atoms with Gasteiger partial charge in [-0.15, -0.1) is 0 Å². The maximum atomic E-state index is 10.8. The average molecular weight is 245 g/mol. The molecule has 1 heterocycles. The zero-order valence-corrected chi connectivity index (χ0v) is 11.4. The number of hydrogen-bond acceptors (Lipinski definition) is 1. The topological polar surface area (TPSA) is 42.2 Å². The molecule has 0 fully saturated rings. The Hall–Kier alpha value is -1.77. The highest BCUT2D eigenvalue weighted by Crippen LogP contribution is 2.29. The van der Waals surface area contributed by atoms with Crippen molar-refractivity contribution in [3.05, 3.63) is 34.5 Å². The largest absolute Gasteiger partial charge is 0.481 e. The first-order valence-corrected chi connectivity index (χ1v) is 6.21. The van der Waals surface area contributed by atoms with Crippen LogP contribution in [0.2, 0.25) is 0 Å². The molecule has 0 radical (unpaired) electrons. The SMILES string of the molecule is Cc1ccc2c(C)c(C)n(CCC(=O)O)c2c1C. The zero-order valence-electron chi connectivity index (χ0n) is 11.4. The standard InChI is InChI=1S/C15H19NO2/c1-9-5-6-13-11(3)12(4)16(8-7-14(17)18)15(13)10(9)2/h5-6H,7-8H2,1-4H3,(H,17,18). The molecule has 1 aromatic carbocycles. The van der Waals surface area contributed by atoms with Crippen LogP contribution >= 0.6 is 0 Å². The lowest BCUT2D eigenvalue weighted by atomic mass is 10.0. The van der Waals surface area contributed by atoms with Crippen molar-refractivity contribution in [2.24, 2.45) is 0 Å². The van der Waals surface area contributed by atoms with Crippen molar-refractivity contribution in [2.75, 3.05) is 0 Å². The molecule has 0 aliphatic heterocycles. The third-order valence-corrected chi connectivity index (χ3v) is 3.87. The van der Waals surface area contributed by atoms with Crippen molar-refractivity contribution in [3.63, 3.8) is 0 Å². The normalized spacial score (nSPS) is 11.1. The maximum Gasteiger partial charge on any atom is 0.305 e. The van der Waals surface area contributed by atoms with Crippen LogP contribution in [-0.4, -0.2) is 15.6 Å². The second kappa shape index (κ2) is 4.48. The number of hydrogen-bond donors (Lipinski definition) is 1. The van der Waals surface area contributed by atoms with E-state index in [4.69, 9.17) is 5.11 Å². The minimum absolute atomic E-state index is 0.164. The number of aromatic nitrogens is 1. The third-order valence-electron chi connectivity index (χ3n) is 3.87. The molecule has 0 aliphatic carbocycles. The van der Waals surface area contributed by atoms with Gasteiger partial charge in [-0.25, -0.2) is 0 Å². The molecular formula is C15H19NO2. The van der Waals surface area contributed by atoms with Gasteiger partial charge in [0.25, 0.3) is 0 Å². The van der Waals surface area contributed by atoms with Crippen LogP contribution in [0.3, 0.4) is 0 Å². The Labute approximate surface area is 107 Å². The highest BCUT2D eigenvalue weighted by Gasteiger charge is 2.14. The molecule has 2 aromatic rings. The summed E-state index contributed by atoms with van der Waals surface area (Å²) in [6, 6.07) is 4.27. The molecule has 96 valence electrons. The van der Waals surface area contributed by atoms with Gasteiger partial charge in [-0.1, -0.05) is 12.1 Å². The summed E-state index contributed by atoms with van der Waals surface area (Å²) >= 11 is 0. The number of aryl methyl sites for hydroxylation is 4. The first kappa shape index (κ1) is 12.7. The molecule has 0 atom stereocenters. The van der Waals surface area contributed by atoms with E-state index in [-0.39, 0.29) is 6.42 Å². The number of nitrogens with zero attached hydrogens (tertiary/aromatic N) is 1. The van der Waals surface area contributed by atoms with E-state index in [1.807, 2.05) is 0 Å². The monoisotopic (exact) mass is 245 g/mol. The summed E-state index contributed by atoms with van der Waals surface area (Å²) in [5, 5.41) is 10.1.